The van der Waals surface area contributed by atoms with Gasteiger partial charge in [-0.05, 0) is 43.9 Å². The SMILES string of the molecule is Cc1ccnc(-n2nc(C(N)=O)c3c2CCC3)c1. The van der Waals surface area contributed by atoms with Gasteiger partial charge in [0.15, 0.2) is 11.5 Å². The molecule has 1 aliphatic carbocycles. The second-order valence-corrected chi connectivity index (χ2v) is 4.59. The van der Waals surface area contributed by atoms with Crippen LogP contribution in [0.15, 0.2) is 18.3 Å². The van der Waals surface area contributed by atoms with Crippen LogP contribution in [0.2, 0.25) is 0 Å². The number of hydrogen-bond acceptors (Lipinski definition) is 3. The molecule has 0 fully saturated rings. The van der Waals surface area contributed by atoms with Crippen LogP contribution in [0.4, 0.5) is 0 Å². The van der Waals surface area contributed by atoms with Gasteiger partial charge in [-0.25, -0.2) is 9.67 Å². The number of carbonyl (C=O) groups excluding carboxylic acids is 1. The van der Waals surface area contributed by atoms with Crippen molar-refractivity contribution in [3.05, 3.63) is 40.8 Å². The summed E-state index contributed by atoms with van der Waals surface area (Å²) in [6.07, 6.45) is 4.58. The predicted octanol–water partition coefficient (Wildman–Crippen LogP) is 1.16. The van der Waals surface area contributed by atoms with Gasteiger partial charge in [-0.1, -0.05) is 0 Å². The Labute approximate surface area is 105 Å². The molecular formula is C13H14N4O. The normalized spacial score (nSPS) is 13.6. The Bertz CT molecular complexity index is 630. The number of aryl methyl sites for hydroxylation is 1. The molecule has 3 rings (SSSR count). The molecule has 0 spiro atoms. The van der Waals surface area contributed by atoms with Crippen molar-refractivity contribution < 1.29 is 4.79 Å². The maximum Gasteiger partial charge on any atom is 0.269 e. The Morgan fingerprint density at radius 3 is 3.00 bits per heavy atom. The Morgan fingerprint density at radius 1 is 1.44 bits per heavy atom. The smallest absolute Gasteiger partial charge is 0.269 e. The van der Waals surface area contributed by atoms with Gasteiger partial charge in [-0.15, -0.1) is 0 Å². The van der Waals surface area contributed by atoms with Crippen LogP contribution in [-0.2, 0) is 12.8 Å². The summed E-state index contributed by atoms with van der Waals surface area (Å²) in [5, 5.41) is 4.32. The number of hydrogen-bond donors (Lipinski definition) is 1. The summed E-state index contributed by atoms with van der Waals surface area (Å²) in [4.78, 5) is 15.7. The molecule has 0 radical (unpaired) electrons. The molecular weight excluding hydrogens is 228 g/mol. The monoisotopic (exact) mass is 242 g/mol. The van der Waals surface area contributed by atoms with E-state index in [1.165, 1.54) is 0 Å². The third-order valence-corrected chi connectivity index (χ3v) is 3.28. The molecule has 0 aliphatic heterocycles. The van der Waals surface area contributed by atoms with Crippen molar-refractivity contribution in [2.75, 3.05) is 0 Å². The Balaban J connectivity index is 2.19. The maximum absolute atomic E-state index is 11.4. The standard InChI is InChI=1S/C13H14N4O/c1-8-5-6-15-11(7-8)17-10-4-2-3-9(10)12(16-17)13(14)18/h5-7H,2-4H2,1H3,(H2,14,18). The van der Waals surface area contributed by atoms with E-state index in [-0.39, 0.29) is 0 Å². The number of carbonyl (C=O) groups is 1. The number of pyridine rings is 1. The molecule has 5 heteroatoms. The van der Waals surface area contributed by atoms with Crippen molar-refractivity contribution in [1.29, 1.82) is 0 Å². The minimum absolute atomic E-state index is 0.394. The summed E-state index contributed by atoms with van der Waals surface area (Å²) in [7, 11) is 0. The first-order valence-corrected chi connectivity index (χ1v) is 6.00. The molecule has 0 bridgehead atoms. The van der Waals surface area contributed by atoms with Crippen LogP contribution in [-0.4, -0.2) is 20.7 Å². The number of aromatic nitrogens is 3. The van der Waals surface area contributed by atoms with E-state index in [4.69, 9.17) is 5.73 Å². The highest BCUT2D eigenvalue weighted by Gasteiger charge is 2.25. The third-order valence-electron chi connectivity index (χ3n) is 3.28. The van der Waals surface area contributed by atoms with Crippen LogP contribution in [0.5, 0.6) is 0 Å². The lowest BCUT2D eigenvalue weighted by atomic mass is 10.2. The van der Waals surface area contributed by atoms with Gasteiger partial charge in [-0.2, -0.15) is 5.10 Å². The number of fused-ring (bicyclic) bond motifs is 1. The molecule has 92 valence electrons. The summed E-state index contributed by atoms with van der Waals surface area (Å²) < 4.78 is 1.76. The van der Waals surface area contributed by atoms with Crippen molar-refractivity contribution in [1.82, 2.24) is 14.8 Å². The van der Waals surface area contributed by atoms with E-state index in [1.807, 2.05) is 19.1 Å². The zero-order valence-electron chi connectivity index (χ0n) is 10.2. The van der Waals surface area contributed by atoms with Crippen LogP contribution in [0.25, 0.3) is 5.82 Å². The zero-order valence-corrected chi connectivity index (χ0v) is 10.2. The molecule has 0 saturated heterocycles. The highest BCUT2D eigenvalue weighted by atomic mass is 16.1. The van der Waals surface area contributed by atoms with Gasteiger partial charge in [0.05, 0.1) is 5.69 Å². The largest absolute Gasteiger partial charge is 0.364 e. The van der Waals surface area contributed by atoms with Crippen molar-refractivity contribution in [3.63, 3.8) is 0 Å². The van der Waals surface area contributed by atoms with Crippen LogP contribution < -0.4 is 5.73 Å². The zero-order chi connectivity index (χ0) is 12.7. The number of nitrogens with zero attached hydrogens (tertiary/aromatic N) is 3. The number of amides is 1. The van der Waals surface area contributed by atoms with Crippen LogP contribution in [0.3, 0.4) is 0 Å². The molecule has 2 N–H and O–H groups in total. The van der Waals surface area contributed by atoms with E-state index < -0.39 is 5.91 Å². The highest BCUT2D eigenvalue weighted by molar-refractivity contribution is 5.92. The number of nitrogens with two attached hydrogens (primary N) is 1. The van der Waals surface area contributed by atoms with Gasteiger partial charge in [-0.3, -0.25) is 4.79 Å². The molecule has 0 saturated carbocycles. The molecule has 0 atom stereocenters. The van der Waals surface area contributed by atoms with Crippen molar-refractivity contribution in [2.24, 2.45) is 5.73 Å². The predicted molar refractivity (Wildman–Crippen MR) is 66.6 cm³/mol. The van der Waals surface area contributed by atoms with E-state index >= 15 is 0 Å². The highest BCUT2D eigenvalue weighted by Crippen LogP contribution is 2.27. The van der Waals surface area contributed by atoms with Crippen LogP contribution in [0.1, 0.15) is 33.7 Å². The van der Waals surface area contributed by atoms with Gasteiger partial charge in [0, 0.05) is 11.8 Å². The number of primary amides is 1. The quantitative estimate of drug-likeness (QED) is 0.858. The van der Waals surface area contributed by atoms with E-state index in [2.05, 4.69) is 10.1 Å². The van der Waals surface area contributed by atoms with Gasteiger partial charge < -0.3 is 5.73 Å². The lowest BCUT2D eigenvalue weighted by Gasteiger charge is -2.04. The molecule has 0 unspecified atom stereocenters. The molecule has 2 heterocycles. The summed E-state index contributed by atoms with van der Waals surface area (Å²) in [6.45, 7) is 2.00. The minimum Gasteiger partial charge on any atom is -0.364 e. The third kappa shape index (κ3) is 1.59. The van der Waals surface area contributed by atoms with Crippen LogP contribution >= 0.6 is 0 Å². The fourth-order valence-corrected chi connectivity index (χ4v) is 2.46. The minimum atomic E-state index is -0.459. The second kappa shape index (κ2) is 3.94. The Hall–Kier alpha value is -2.17. The van der Waals surface area contributed by atoms with Crippen molar-refractivity contribution in [3.8, 4) is 5.82 Å². The fourth-order valence-electron chi connectivity index (χ4n) is 2.46. The Kier molecular flexibility index (Phi) is 2.40. The molecule has 2 aromatic rings. The molecule has 18 heavy (non-hydrogen) atoms. The summed E-state index contributed by atoms with van der Waals surface area (Å²) in [6, 6.07) is 3.89. The summed E-state index contributed by atoms with van der Waals surface area (Å²) in [5.41, 5.74) is 8.94. The summed E-state index contributed by atoms with van der Waals surface area (Å²) in [5.74, 6) is 0.292. The van der Waals surface area contributed by atoms with Crippen molar-refractivity contribution >= 4 is 5.91 Å². The first-order valence-electron chi connectivity index (χ1n) is 6.00. The van der Waals surface area contributed by atoms with E-state index in [0.29, 0.717) is 5.69 Å². The molecule has 5 nitrogen and oxygen atoms in total. The van der Waals surface area contributed by atoms with E-state index in [0.717, 1.165) is 41.9 Å². The maximum atomic E-state index is 11.4. The van der Waals surface area contributed by atoms with Gasteiger partial charge in [0.1, 0.15) is 0 Å². The summed E-state index contributed by atoms with van der Waals surface area (Å²) >= 11 is 0. The first kappa shape index (κ1) is 11.0. The van der Waals surface area contributed by atoms with Crippen LogP contribution in [0, 0.1) is 6.92 Å². The van der Waals surface area contributed by atoms with E-state index in [1.54, 1.807) is 10.9 Å². The lowest BCUT2D eigenvalue weighted by Crippen LogP contribution is -2.14. The van der Waals surface area contributed by atoms with Gasteiger partial charge >= 0.3 is 0 Å². The van der Waals surface area contributed by atoms with Crippen molar-refractivity contribution in [2.45, 2.75) is 26.2 Å². The van der Waals surface area contributed by atoms with Gasteiger partial charge in [0.2, 0.25) is 0 Å². The topological polar surface area (TPSA) is 73.8 Å². The fraction of sp³-hybridized carbons (Fsp3) is 0.308. The average molecular weight is 242 g/mol. The second-order valence-electron chi connectivity index (χ2n) is 4.59. The Morgan fingerprint density at radius 2 is 2.28 bits per heavy atom. The molecule has 1 aliphatic rings. The lowest BCUT2D eigenvalue weighted by molar-refractivity contribution is 0.0994. The van der Waals surface area contributed by atoms with Gasteiger partial charge in [0.25, 0.3) is 5.91 Å². The molecule has 0 aromatic carbocycles. The molecule has 2 aromatic heterocycles. The molecule has 1 amide bonds. The number of rotatable bonds is 2. The average Bonchev–Trinajstić information content (AvgIpc) is 2.88. The van der Waals surface area contributed by atoms with E-state index in [9.17, 15) is 4.79 Å². The first-order chi connectivity index (χ1) is 8.66.